The van der Waals surface area contributed by atoms with Gasteiger partial charge in [-0.15, -0.1) is 10.2 Å². The molecule has 7 heteroatoms. The first-order chi connectivity index (χ1) is 11.1. The lowest BCUT2D eigenvalue weighted by molar-refractivity contribution is -0.113. The number of thioether (sulfide) groups is 1. The van der Waals surface area contributed by atoms with Gasteiger partial charge in [0.2, 0.25) is 5.91 Å². The predicted octanol–water partition coefficient (Wildman–Crippen LogP) is 3.68. The highest BCUT2D eigenvalue weighted by molar-refractivity contribution is 7.99. The van der Waals surface area contributed by atoms with E-state index in [-0.39, 0.29) is 11.7 Å². The van der Waals surface area contributed by atoms with Crippen molar-refractivity contribution in [2.24, 2.45) is 0 Å². The molecule has 6 nitrogen and oxygen atoms in total. The molecule has 0 unspecified atom stereocenters. The van der Waals surface area contributed by atoms with Gasteiger partial charge in [-0.05, 0) is 37.1 Å². The van der Waals surface area contributed by atoms with E-state index >= 15 is 0 Å². The molecule has 1 N–H and O–H groups in total. The number of anilines is 1. The fraction of sp³-hybridized carbons (Fsp3) is 0.188. The number of amides is 1. The molecule has 0 fully saturated rings. The van der Waals surface area contributed by atoms with Crippen LogP contribution in [0.15, 0.2) is 50.7 Å². The van der Waals surface area contributed by atoms with Crippen LogP contribution >= 0.6 is 11.8 Å². The van der Waals surface area contributed by atoms with Crippen LogP contribution in [0, 0.1) is 13.8 Å². The highest BCUT2D eigenvalue weighted by Crippen LogP contribution is 2.24. The van der Waals surface area contributed by atoms with Crippen LogP contribution in [-0.4, -0.2) is 21.9 Å². The number of para-hydroxylation sites is 1. The monoisotopic (exact) mass is 329 g/mol. The maximum atomic E-state index is 12.1. The summed E-state index contributed by atoms with van der Waals surface area (Å²) in [6.45, 7) is 3.92. The third-order valence-corrected chi connectivity index (χ3v) is 4.03. The van der Waals surface area contributed by atoms with Crippen LogP contribution in [0.1, 0.15) is 11.1 Å². The molecule has 3 aromatic rings. The fourth-order valence-electron chi connectivity index (χ4n) is 2.08. The van der Waals surface area contributed by atoms with Gasteiger partial charge in [0.25, 0.3) is 11.1 Å². The Morgan fingerprint density at radius 2 is 1.96 bits per heavy atom. The maximum Gasteiger partial charge on any atom is 0.284 e. The number of furan rings is 1. The molecule has 3 rings (SSSR count). The normalized spacial score (nSPS) is 10.7. The number of aryl methyl sites for hydroxylation is 2. The van der Waals surface area contributed by atoms with Crippen LogP contribution in [0.2, 0.25) is 0 Å². The number of benzene rings is 1. The van der Waals surface area contributed by atoms with Crippen molar-refractivity contribution in [1.82, 2.24) is 10.2 Å². The van der Waals surface area contributed by atoms with Crippen LogP contribution < -0.4 is 5.32 Å². The first-order valence-corrected chi connectivity index (χ1v) is 7.98. The highest BCUT2D eigenvalue weighted by atomic mass is 32.2. The first kappa shape index (κ1) is 15.4. The Labute approximate surface area is 137 Å². The van der Waals surface area contributed by atoms with E-state index in [0.29, 0.717) is 16.9 Å². The first-order valence-electron chi connectivity index (χ1n) is 7.00. The van der Waals surface area contributed by atoms with E-state index in [1.165, 1.54) is 18.0 Å². The summed E-state index contributed by atoms with van der Waals surface area (Å²) >= 11 is 1.18. The van der Waals surface area contributed by atoms with Crippen molar-refractivity contribution < 1.29 is 13.6 Å². The molecule has 118 valence electrons. The number of carbonyl (C=O) groups excluding carboxylic acids is 1. The molecular weight excluding hydrogens is 314 g/mol. The van der Waals surface area contributed by atoms with Crippen molar-refractivity contribution in [3.63, 3.8) is 0 Å². The second kappa shape index (κ2) is 6.70. The average molecular weight is 329 g/mol. The number of nitrogens with one attached hydrogen (secondary N) is 1. The van der Waals surface area contributed by atoms with Gasteiger partial charge in [0.15, 0.2) is 5.76 Å². The van der Waals surface area contributed by atoms with Crippen LogP contribution in [0.4, 0.5) is 5.69 Å². The molecule has 23 heavy (non-hydrogen) atoms. The van der Waals surface area contributed by atoms with Gasteiger partial charge in [-0.1, -0.05) is 30.0 Å². The fourth-order valence-corrected chi connectivity index (χ4v) is 2.65. The molecule has 1 aromatic carbocycles. The zero-order chi connectivity index (χ0) is 16.2. The Morgan fingerprint density at radius 3 is 2.65 bits per heavy atom. The van der Waals surface area contributed by atoms with Gasteiger partial charge in [0.05, 0.1) is 12.0 Å². The van der Waals surface area contributed by atoms with Gasteiger partial charge in [-0.2, -0.15) is 0 Å². The third kappa shape index (κ3) is 3.62. The smallest absolute Gasteiger partial charge is 0.284 e. The van der Waals surface area contributed by atoms with Crippen LogP contribution in [0.3, 0.4) is 0 Å². The predicted molar refractivity (Wildman–Crippen MR) is 87.3 cm³/mol. The van der Waals surface area contributed by atoms with E-state index in [2.05, 4.69) is 15.5 Å². The lowest BCUT2D eigenvalue weighted by Gasteiger charge is -2.10. The molecule has 2 heterocycles. The summed E-state index contributed by atoms with van der Waals surface area (Å²) in [7, 11) is 0. The van der Waals surface area contributed by atoms with Crippen LogP contribution in [0.5, 0.6) is 0 Å². The van der Waals surface area contributed by atoms with E-state index in [4.69, 9.17) is 8.83 Å². The average Bonchev–Trinajstić information content (AvgIpc) is 3.19. The Kier molecular flexibility index (Phi) is 4.47. The van der Waals surface area contributed by atoms with Crippen LogP contribution in [-0.2, 0) is 4.79 Å². The van der Waals surface area contributed by atoms with Crippen molar-refractivity contribution in [3.8, 4) is 11.7 Å². The van der Waals surface area contributed by atoms with E-state index < -0.39 is 0 Å². The van der Waals surface area contributed by atoms with Gasteiger partial charge in [0.1, 0.15) is 0 Å². The maximum absolute atomic E-state index is 12.1. The number of rotatable bonds is 5. The number of aromatic nitrogens is 2. The van der Waals surface area contributed by atoms with Gasteiger partial charge in [-0.3, -0.25) is 4.79 Å². The standard InChI is InChI=1S/C16H15N3O3S/c1-10-5-3-6-11(2)14(10)17-13(20)9-23-16-19-18-15(22-16)12-7-4-8-21-12/h3-8H,9H2,1-2H3,(H,17,20). The van der Waals surface area contributed by atoms with E-state index in [9.17, 15) is 4.79 Å². The van der Waals surface area contributed by atoms with Gasteiger partial charge < -0.3 is 14.2 Å². The van der Waals surface area contributed by atoms with Crippen molar-refractivity contribution >= 4 is 23.4 Å². The van der Waals surface area contributed by atoms with Crippen molar-refractivity contribution in [1.29, 1.82) is 0 Å². The Balaban J connectivity index is 1.59. The Bertz CT molecular complexity index is 792. The van der Waals surface area contributed by atoms with E-state index in [1.54, 1.807) is 12.1 Å². The quantitative estimate of drug-likeness (QED) is 0.719. The topological polar surface area (TPSA) is 81.2 Å². The number of hydrogen-bond donors (Lipinski definition) is 1. The minimum absolute atomic E-state index is 0.120. The van der Waals surface area contributed by atoms with E-state index in [0.717, 1.165) is 16.8 Å². The Morgan fingerprint density at radius 1 is 1.17 bits per heavy atom. The van der Waals surface area contributed by atoms with Gasteiger partial charge in [-0.25, -0.2) is 0 Å². The van der Waals surface area contributed by atoms with Crippen molar-refractivity contribution in [2.75, 3.05) is 11.1 Å². The summed E-state index contributed by atoms with van der Waals surface area (Å²) in [6.07, 6.45) is 1.53. The molecular formula is C16H15N3O3S. The molecule has 2 aromatic heterocycles. The summed E-state index contributed by atoms with van der Waals surface area (Å²) in [5, 5.41) is 11.0. The minimum atomic E-state index is -0.120. The lowest BCUT2D eigenvalue weighted by Crippen LogP contribution is -2.15. The lowest BCUT2D eigenvalue weighted by atomic mass is 10.1. The summed E-state index contributed by atoms with van der Waals surface area (Å²) in [6, 6.07) is 9.36. The molecule has 0 aliphatic carbocycles. The molecule has 0 bridgehead atoms. The molecule has 0 aliphatic rings. The molecule has 0 saturated carbocycles. The molecule has 0 aliphatic heterocycles. The largest absolute Gasteiger partial charge is 0.459 e. The van der Waals surface area contributed by atoms with Crippen molar-refractivity contribution in [3.05, 3.63) is 47.7 Å². The zero-order valence-electron chi connectivity index (χ0n) is 12.7. The van der Waals surface area contributed by atoms with Gasteiger partial charge >= 0.3 is 0 Å². The Hall–Kier alpha value is -2.54. The third-order valence-electron chi connectivity index (χ3n) is 3.21. The zero-order valence-corrected chi connectivity index (χ0v) is 13.5. The number of nitrogens with zero attached hydrogens (tertiary/aromatic N) is 2. The molecule has 0 spiro atoms. The summed E-state index contributed by atoms with van der Waals surface area (Å²) in [5.74, 6) is 0.871. The molecule has 0 radical (unpaired) electrons. The molecule has 0 atom stereocenters. The second-order valence-electron chi connectivity index (χ2n) is 4.95. The van der Waals surface area contributed by atoms with Crippen LogP contribution in [0.25, 0.3) is 11.7 Å². The second-order valence-corrected chi connectivity index (χ2v) is 5.88. The SMILES string of the molecule is Cc1cccc(C)c1NC(=O)CSc1nnc(-c2ccco2)o1. The highest BCUT2D eigenvalue weighted by Gasteiger charge is 2.13. The summed E-state index contributed by atoms with van der Waals surface area (Å²) in [5.41, 5.74) is 2.90. The summed E-state index contributed by atoms with van der Waals surface area (Å²) in [4.78, 5) is 12.1. The number of hydrogen-bond acceptors (Lipinski definition) is 6. The molecule has 0 saturated heterocycles. The van der Waals surface area contributed by atoms with E-state index in [1.807, 2.05) is 32.0 Å². The number of carbonyl (C=O) groups is 1. The minimum Gasteiger partial charge on any atom is -0.459 e. The molecule has 1 amide bonds. The summed E-state index contributed by atoms with van der Waals surface area (Å²) < 4.78 is 10.6. The van der Waals surface area contributed by atoms with Crippen molar-refractivity contribution in [2.45, 2.75) is 19.1 Å². The van der Waals surface area contributed by atoms with Gasteiger partial charge in [0, 0.05) is 5.69 Å².